The smallest absolute Gasteiger partial charge is 0.274 e. The van der Waals surface area contributed by atoms with Crippen LogP contribution in [0.5, 0.6) is 0 Å². The second-order valence-corrected chi connectivity index (χ2v) is 6.17. The molecule has 0 radical (unpaired) electrons. The number of hydrogen-bond donors (Lipinski definition) is 1. The first-order chi connectivity index (χ1) is 11.8. The van der Waals surface area contributed by atoms with Crippen LogP contribution in [0.4, 0.5) is 8.78 Å². The molecule has 5 nitrogen and oxygen atoms in total. The van der Waals surface area contributed by atoms with E-state index in [2.05, 4.69) is 10.4 Å². The minimum absolute atomic E-state index is 0.138. The predicted molar refractivity (Wildman–Crippen MR) is 91.0 cm³/mol. The molecular weight excluding hydrogens is 375 g/mol. The number of carbonyl (C=O) groups excluding carboxylic acids is 1. The van der Waals surface area contributed by atoms with Gasteiger partial charge in [-0.15, -0.1) is 0 Å². The number of alkyl halides is 2. The molecule has 1 amide bonds. The van der Waals surface area contributed by atoms with E-state index in [4.69, 9.17) is 27.9 Å². The molecule has 1 N–H and O–H groups in total. The van der Waals surface area contributed by atoms with Crippen LogP contribution < -0.4 is 5.32 Å². The van der Waals surface area contributed by atoms with Gasteiger partial charge in [0.15, 0.2) is 5.69 Å². The van der Waals surface area contributed by atoms with Gasteiger partial charge in [0, 0.05) is 23.3 Å². The Hall–Kier alpha value is -1.70. The molecule has 0 saturated carbocycles. The van der Waals surface area contributed by atoms with E-state index < -0.39 is 24.1 Å². The zero-order valence-corrected chi connectivity index (χ0v) is 15.1. The van der Waals surface area contributed by atoms with Gasteiger partial charge >= 0.3 is 0 Å². The number of hydrogen-bond acceptors (Lipinski definition) is 3. The molecule has 1 unspecified atom stereocenters. The van der Waals surface area contributed by atoms with Crippen molar-refractivity contribution in [2.75, 3.05) is 0 Å². The van der Waals surface area contributed by atoms with E-state index in [0.29, 0.717) is 22.0 Å². The Balaban J connectivity index is 2.03. The van der Waals surface area contributed by atoms with Crippen molar-refractivity contribution in [2.24, 2.45) is 7.05 Å². The average molecular weight is 392 g/mol. The Morgan fingerprint density at radius 2 is 2.12 bits per heavy atom. The number of nitrogens with one attached hydrogen (secondary N) is 1. The van der Waals surface area contributed by atoms with Crippen LogP contribution in [-0.2, 0) is 18.4 Å². The third-order valence-electron chi connectivity index (χ3n) is 3.43. The summed E-state index contributed by atoms with van der Waals surface area (Å²) in [5, 5.41) is 7.29. The minimum Gasteiger partial charge on any atom is -0.354 e. The van der Waals surface area contributed by atoms with Crippen LogP contribution in [0.3, 0.4) is 0 Å². The van der Waals surface area contributed by atoms with Crippen molar-refractivity contribution in [2.45, 2.75) is 32.6 Å². The molecule has 0 aliphatic heterocycles. The zero-order chi connectivity index (χ0) is 18.6. The molecule has 0 bridgehead atoms. The average Bonchev–Trinajstić information content (AvgIpc) is 2.95. The lowest BCUT2D eigenvalue weighted by Gasteiger charge is -2.18. The Labute approximate surface area is 153 Å². The molecule has 0 aliphatic rings. The van der Waals surface area contributed by atoms with E-state index in [1.54, 1.807) is 25.1 Å². The highest BCUT2D eigenvalue weighted by molar-refractivity contribution is 6.35. The van der Waals surface area contributed by atoms with E-state index >= 15 is 0 Å². The van der Waals surface area contributed by atoms with Crippen LogP contribution in [0.25, 0.3) is 0 Å². The molecule has 2 rings (SSSR count). The van der Waals surface area contributed by atoms with E-state index in [1.807, 2.05) is 0 Å². The van der Waals surface area contributed by atoms with Gasteiger partial charge in [0.05, 0.1) is 12.2 Å². The van der Waals surface area contributed by atoms with Gasteiger partial charge < -0.3 is 10.1 Å². The highest BCUT2D eigenvalue weighted by Crippen LogP contribution is 2.23. The van der Waals surface area contributed by atoms with Gasteiger partial charge in [-0.25, -0.2) is 8.78 Å². The third-order valence-corrected chi connectivity index (χ3v) is 4.01. The summed E-state index contributed by atoms with van der Waals surface area (Å²) in [6.07, 6.45) is -1.90. The summed E-state index contributed by atoms with van der Waals surface area (Å²) in [6.45, 7) is 1.93. The first kappa shape index (κ1) is 19.6. The van der Waals surface area contributed by atoms with E-state index in [-0.39, 0.29) is 12.3 Å². The maximum absolute atomic E-state index is 13.0. The SMILES string of the molecule is CCC(NC(=O)c1nn(C)cc1C(F)F)OCc1ccc(Cl)cc1Cl. The molecule has 1 aromatic heterocycles. The number of ether oxygens (including phenoxy) is 1. The van der Waals surface area contributed by atoms with Crippen molar-refractivity contribution in [1.82, 2.24) is 15.1 Å². The Morgan fingerprint density at radius 3 is 2.72 bits per heavy atom. The number of nitrogens with zero attached hydrogens (tertiary/aromatic N) is 2. The number of amides is 1. The normalized spacial score (nSPS) is 12.4. The molecule has 1 heterocycles. The summed E-state index contributed by atoms with van der Waals surface area (Å²) < 4.78 is 32.7. The number of carbonyl (C=O) groups is 1. The van der Waals surface area contributed by atoms with Crippen molar-refractivity contribution in [1.29, 1.82) is 0 Å². The largest absolute Gasteiger partial charge is 0.354 e. The van der Waals surface area contributed by atoms with Crippen molar-refractivity contribution in [3.63, 3.8) is 0 Å². The fourth-order valence-electron chi connectivity index (χ4n) is 2.15. The van der Waals surface area contributed by atoms with Crippen molar-refractivity contribution in [3.8, 4) is 0 Å². The Morgan fingerprint density at radius 1 is 1.40 bits per heavy atom. The second kappa shape index (κ2) is 8.60. The first-order valence-corrected chi connectivity index (χ1v) is 8.25. The second-order valence-electron chi connectivity index (χ2n) is 5.32. The molecule has 1 aromatic carbocycles. The zero-order valence-electron chi connectivity index (χ0n) is 13.6. The molecule has 2 aromatic rings. The van der Waals surface area contributed by atoms with Gasteiger partial charge in [0.2, 0.25) is 0 Å². The predicted octanol–water partition coefficient (Wildman–Crippen LogP) is 4.35. The third kappa shape index (κ3) is 5.14. The van der Waals surface area contributed by atoms with Crippen LogP contribution >= 0.6 is 23.2 Å². The molecule has 136 valence electrons. The summed E-state index contributed by atoms with van der Waals surface area (Å²) in [4.78, 5) is 12.2. The fraction of sp³-hybridized carbons (Fsp3) is 0.375. The van der Waals surface area contributed by atoms with Crippen LogP contribution in [0.2, 0.25) is 10.0 Å². The van der Waals surface area contributed by atoms with Gasteiger partial charge in [-0.3, -0.25) is 9.48 Å². The van der Waals surface area contributed by atoms with Crippen LogP contribution in [0.1, 0.15) is 41.4 Å². The molecular formula is C16H17Cl2F2N3O2. The summed E-state index contributed by atoms with van der Waals surface area (Å²) in [6, 6.07) is 4.98. The summed E-state index contributed by atoms with van der Waals surface area (Å²) in [5.41, 5.74) is -0.0375. The number of aryl methyl sites for hydroxylation is 1. The van der Waals surface area contributed by atoms with E-state index in [0.717, 1.165) is 6.20 Å². The first-order valence-electron chi connectivity index (χ1n) is 7.49. The highest BCUT2D eigenvalue weighted by atomic mass is 35.5. The standard InChI is InChI=1S/C16H17Cl2F2N3O2/c1-3-13(25-8-9-4-5-10(17)6-12(9)18)21-16(24)14-11(15(19)20)7-23(2)22-14/h4-7,13,15H,3,8H2,1-2H3,(H,21,24). The summed E-state index contributed by atoms with van der Waals surface area (Å²) in [7, 11) is 1.47. The van der Waals surface area contributed by atoms with Gasteiger partial charge in [0.1, 0.15) is 6.23 Å². The maximum atomic E-state index is 13.0. The van der Waals surface area contributed by atoms with E-state index in [9.17, 15) is 13.6 Å². The number of halogens is 4. The molecule has 0 aliphatic carbocycles. The molecule has 1 atom stereocenters. The number of benzene rings is 1. The van der Waals surface area contributed by atoms with Crippen LogP contribution in [-0.4, -0.2) is 21.9 Å². The fourth-order valence-corrected chi connectivity index (χ4v) is 2.61. The Kier molecular flexibility index (Phi) is 6.75. The lowest BCUT2D eigenvalue weighted by molar-refractivity contribution is 0.0153. The van der Waals surface area contributed by atoms with Gasteiger partial charge in [0.25, 0.3) is 12.3 Å². The Bertz CT molecular complexity index is 753. The summed E-state index contributed by atoms with van der Waals surface area (Å²) in [5.74, 6) is -0.718. The van der Waals surface area contributed by atoms with E-state index in [1.165, 1.54) is 11.7 Å². The molecule has 0 spiro atoms. The minimum atomic E-state index is -2.79. The molecule has 0 saturated heterocycles. The summed E-state index contributed by atoms with van der Waals surface area (Å²) >= 11 is 11.9. The number of rotatable bonds is 7. The van der Waals surface area contributed by atoms with Crippen molar-refractivity contribution < 1.29 is 18.3 Å². The topological polar surface area (TPSA) is 56.2 Å². The van der Waals surface area contributed by atoms with Gasteiger partial charge in [-0.1, -0.05) is 36.2 Å². The lowest BCUT2D eigenvalue weighted by Crippen LogP contribution is -2.37. The highest BCUT2D eigenvalue weighted by Gasteiger charge is 2.24. The monoisotopic (exact) mass is 391 g/mol. The van der Waals surface area contributed by atoms with Crippen molar-refractivity contribution in [3.05, 3.63) is 51.3 Å². The maximum Gasteiger partial charge on any atom is 0.274 e. The van der Waals surface area contributed by atoms with Crippen LogP contribution in [0.15, 0.2) is 24.4 Å². The quantitative estimate of drug-likeness (QED) is 0.713. The molecule has 25 heavy (non-hydrogen) atoms. The van der Waals surface area contributed by atoms with Gasteiger partial charge in [-0.05, 0) is 24.1 Å². The molecule has 0 fully saturated rings. The van der Waals surface area contributed by atoms with Crippen molar-refractivity contribution >= 4 is 29.1 Å². The lowest BCUT2D eigenvalue weighted by atomic mass is 10.2. The number of aromatic nitrogens is 2. The molecule has 9 heteroatoms. The van der Waals surface area contributed by atoms with Gasteiger partial charge in [-0.2, -0.15) is 5.10 Å². The van der Waals surface area contributed by atoms with Crippen LogP contribution in [0, 0.1) is 0 Å².